The maximum absolute atomic E-state index is 13.0. The summed E-state index contributed by atoms with van der Waals surface area (Å²) in [5, 5.41) is 10.2. The Morgan fingerprint density at radius 2 is 1.94 bits per heavy atom. The van der Waals surface area contributed by atoms with Gasteiger partial charge in [-0.25, -0.2) is 4.39 Å². The zero-order valence-electron chi connectivity index (χ0n) is 9.08. The van der Waals surface area contributed by atoms with Crippen LogP contribution in [0.1, 0.15) is 42.5 Å². The summed E-state index contributed by atoms with van der Waals surface area (Å²) in [6.07, 6.45) is 3.75. The highest BCUT2D eigenvalue weighted by Gasteiger charge is 2.37. The van der Waals surface area contributed by atoms with Gasteiger partial charge >= 0.3 is 0 Å². The molecule has 0 unspecified atom stereocenters. The van der Waals surface area contributed by atoms with Crippen molar-refractivity contribution in [2.75, 3.05) is 0 Å². The van der Waals surface area contributed by atoms with Crippen LogP contribution in [0.25, 0.3) is 0 Å². The number of hydrogen-bond donors (Lipinski definition) is 1. The number of halogens is 1. The Morgan fingerprint density at radius 3 is 2.56 bits per heavy atom. The van der Waals surface area contributed by atoms with Gasteiger partial charge in [-0.2, -0.15) is 0 Å². The lowest BCUT2D eigenvalue weighted by molar-refractivity contribution is 0.0116. The predicted octanol–water partition coefficient (Wildman–Crippen LogP) is 2.70. The van der Waals surface area contributed by atoms with Gasteiger partial charge in [0.2, 0.25) is 0 Å². The third-order valence-electron chi connectivity index (χ3n) is 3.19. The fraction of sp³-hybridized carbons (Fsp3) is 0.462. The van der Waals surface area contributed by atoms with Crippen molar-refractivity contribution in [2.45, 2.75) is 37.7 Å². The smallest absolute Gasteiger partial charge is 0.194 e. The summed E-state index contributed by atoms with van der Waals surface area (Å²) < 4.78 is 13.0. The summed E-state index contributed by atoms with van der Waals surface area (Å²) in [5.41, 5.74) is -1.00. The average Bonchev–Trinajstić information content (AvgIpc) is 2.29. The Labute approximate surface area is 94.1 Å². The van der Waals surface area contributed by atoms with Crippen LogP contribution in [0.4, 0.5) is 4.39 Å². The molecular formula is C13H15FO2. The summed E-state index contributed by atoms with van der Waals surface area (Å²) in [7, 11) is 0. The van der Waals surface area contributed by atoms with Crippen molar-refractivity contribution >= 4 is 5.78 Å². The van der Waals surface area contributed by atoms with Crippen molar-refractivity contribution in [1.82, 2.24) is 0 Å². The van der Waals surface area contributed by atoms with Crippen LogP contribution in [-0.4, -0.2) is 16.5 Å². The normalized spacial score (nSPS) is 19.4. The number of hydrogen-bond acceptors (Lipinski definition) is 2. The molecular weight excluding hydrogens is 207 g/mol. The van der Waals surface area contributed by atoms with E-state index in [0.29, 0.717) is 12.8 Å². The number of benzene rings is 1. The molecule has 2 nitrogen and oxygen atoms in total. The van der Waals surface area contributed by atoms with Crippen molar-refractivity contribution in [3.05, 3.63) is 35.6 Å². The molecule has 1 fully saturated rings. The lowest BCUT2D eigenvalue weighted by atomic mass is 9.79. The van der Waals surface area contributed by atoms with Crippen LogP contribution < -0.4 is 0 Å². The summed E-state index contributed by atoms with van der Waals surface area (Å²) in [6.45, 7) is 0. The van der Waals surface area contributed by atoms with E-state index in [9.17, 15) is 14.3 Å². The van der Waals surface area contributed by atoms with E-state index in [1.54, 1.807) is 6.07 Å². The van der Waals surface area contributed by atoms with E-state index in [0.717, 1.165) is 19.3 Å². The summed E-state index contributed by atoms with van der Waals surface area (Å²) in [5.74, 6) is -0.781. The molecule has 0 aromatic heterocycles. The molecule has 0 saturated heterocycles. The summed E-state index contributed by atoms with van der Waals surface area (Å²) in [6, 6.07) is 5.53. The van der Waals surface area contributed by atoms with Crippen LogP contribution in [0, 0.1) is 5.82 Å². The third-order valence-corrected chi connectivity index (χ3v) is 3.19. The highest BCUT2D eigenvalue weighted by atomic mass is 19.1. The minimum Gasteiger partial charge on any atom is -0.382 e. The molecule has 2 rings (SSSR count). The van der Waals surface area contributed by atoms with Gasteiger partial charge in [-0.3, -0.25) is 4.79 Å². The number of aliphatic hydroxyl groups is 1. The first-order valence-corrected chi connectivity index (χ1v) is 5.65. The van der Waals surface area contributed by atoms with E-state index in [2.05, 4.69) is 0 Å². The Balaban J connectivity index is 2.24. The molecule has 0 bridgehead atoms. The first-order valence-electron chi connectivity index (χ1n) is 5.65. The first kappa shape index (κ1) is 11.3. The maximum atomic E-state index is 13.0. The van der Waals surface area contributed by atoms with E-state index < -0.39 is 11.4 Å². The average molecular weight is 222 g/mol. The van der Waals surface area contributed by atoms with Gasteiger partial charge in [0.05, 0.1) is 0 Å². The molecule has 16 heavy (non-hydrogen) atoms. The molecule has 0 atom stereocenters. The topological polar surface area (TPSA) is 37.3 Å². The van der Waals surface area contributed by atoms with Gasteiger partial charge in [0.15, 0.2) is 5.78 Å². The second-order valence-electron chi connectivity index (χ2n) is 4.43. The zero-order chi connectivity index (χ0) is 11.6. The second kappa shape index (κ2) is 4.34. The number of carbonyl (C=O) groups is 1. The number of Topliss-reactive ketones (excluding diaryl/α,β-unsaturated/α-hetero) is 1. The fourth-order valence-electron chi connectivity index (χ4n) is 2.26. The van der Waals surface area contributed by atoms with Gasteiger partial charge in [-0.05, 0) is 25.0 Å². The van der Waals surface area contributed by atoms with Crippen molar-refractivity contribution in [3.8, 4) is 0 Å². The van der Waals surface area contributed by atoms with Crippen molar-refractivity contribution in [1.29, 1.82) is 0 Å². The molecule has 0 radical (unpaired) electrons. The van der Waals surface area contributed by atoms with Crippen LogP contribution in [0.3, 0.4) is 0 Å². The van der Waals surface area contributed by atoms with Gasteiger partial charge in [0.25, 0.3) is 0 Å². The van der Waals surface area contributed by atoms with E-state index in [1.807, 2.05) is 0 Å². The van der Waals surface area contributed by atoms with E-state index in [4.69, 9.17) is 0 Å². The molecule has 1 aromatic carbocycles. The van der Waals surface area contributed by atoms with Gasteiger partial charge < -0.3 is 5.11 Å². The van der Waals surface area contributed by atoms with E-state index in [-0.39, 0.29) is 11.3 Å². The van der Waals surface area contributed by atoms with Crippen LogP contribution in [0.2, 0.25) is 0 Å². The van der Waals surface area contributed by atoms with Gasteiger partial charge in [-0.15, -0.1) is 0 Å². The van der Waals surface area contributed by atoms with Gasteiger partial charge in [0, 0.05) is 5.56 Å². The van der Waals surface area contributed by atoms with Crippen LogP contribution >= 0.6 is 0 Å². The maximum Gasteiger partial charge on any atom is 0.194 e. The second-order valence-corrected chi connectivity index (χ2v) is 4.43. The highest BCUT2D eigenvalue weighted by Crippen LogP contribution is 2.31. The molecule has 1 N–H and O–H groups in total. The third kappa shape index (κ3) is 2.14. The SMILES string of the molecule is O=C(c1cccc(F)c1)C1(O)CCCCC1. The lowest BCUT2D eigenvalue weighted by Crippen LogP contribution is -2.40. The highest BCUT2D eigenvalue weighted by molar-refractivity contribution is 6.02. The molecule has 1 aliphatic carbocycles. The Bertz CT molecular complexity index is 395. The molecule has 1 aliphatic rings. The molecule has 1 aromatic rings. The number of carbonyl (C=O) groups excluding carboxylic acids is 1. The molecule has 3 heteroatoms. The zero-order valence-corrected chi connectivity index (χ0v) is 9.08. The van der Waals surface area contributed by atoms with Crippen molar-refractivity contribution in [2.24, 2.45) is 0 Å². The standard InChI is InChI=1S/C13H15FO2/c14-11-6-4-5-10(9-11)12(15)13(16)7-2-1-3-8-13/h4-6,9,16H,1-3,7-8H2. The largest absolute Gasteiger partial charge is 0.382 e. The Kier molecular flexibility index (Phi) is 3.06. The fourth-order valence-corrected chi connectivity index (χ4v) is 2.26. The van der Waals surface area contributed by atoms with Gasteiger partial charge in [0.1, 0.15) is 11.4 Å². The quantitative estimate of drug-likeness (QED) is 0.781. The molecule has 0 heterocycles. The molecule has 1 saturated carbocycles. The van der Waals surface area contributed by atoms with Crippen molar-refractivity contribution in [3.63, 3.8) is 0 Å². The molecule has 86 valence electrons. The Hall–Kier alpha value is -1.22. The Morgan fingerprint density at radius 1 is 1.25 bits per heavy atom. The van der Waals surface area contributed by atoms with Crippen LogP contribution in [0.15, 0.2) is 24.3 Å². The minimum atomic E-state index is -1.27. The summed E-state index contributed by atoms with van der Waals surface area (Å²) in [4.78, 5) is 12.1. The van der Waals surface area contributed by atoms with Crippen molar-refractivity contribution < 1.29 is 14.3 Å². The molecule has 0 aliphatic heterocycles. The first-order chi connectivity index (χ1) is 7.62. The minimum absolute atomic E-state index is 0.268. The monoisotopic (exact) mass is 222 g/mol. The molecule has 0 spiro atoms. The number of rotatable bonds is 2. The van der Waals surface area contributed by atoms with Crippen LogP contribution in [-0.2, 0) is 0 Å². The van der Waals surface area contributed by atoms with Crippen LogP contribution in [0.5, 0.6) is 0 Å². The van der Waals surface area contributed by atoms with Gasteiger partial charge in [-0.1, -0.05) is 31.4 Å². The van der Waals surface area contributed by atoms with E-state index in [1.165, 1.54) is 18.2 Å². The van der Waals surface area contributed by atoms with E-state index >= 15 is 0 Å². The molecule has 0 amide bonds. The number of ketones is 1. The summed E-state index contributed by atoms with van der Waals surface area (Å²) >= 11 is 0. The predicted molar refractivity (Wildman–Crippen MR) is 58.8 cm³/mol. The lowest BCUT2D eigenvalue weighted by Gasteiger charge is -2.30.